The lowest BCUT2D eigenvalue weighted by molar-refractivity contribution is 0.00359. The number of hydrogen-bond donors (Lipinski definition) is 2. The summed E-state index contributed by atoms with van der Waals surface area (Å²) in [5.74, 6) is 0.790. The molecule has 1 atom stereocenters. The molecule has 7 nitrogen and oxygen atoms in total. The van der Waals surface area contributed by atoms with E-state index >= 15 is 0 Å². The highest BCUT2D eigenvalue weighted by Gasteiger charge is 2.24. The normalized spacial score (nSPS) is 16.2. The lowest BCUT2D eigenvalue weighted by Crippen LogP contribution is -2.47. The monoisotopic (exact) mass is 397 g/mol. The number of carbonyl (C=O) groups excluding carboxylic acids is 2. The van der Waals surface area contributed by atoms with Gasteiger partial charge in [0, 0.05) is 24.3 Å². The lowest BCUT2D eigenvalue weighted by Gasteiger charge is -2.33. The summed E-state index contributed by atoms with van der Waals surface area (Å²) in [4.78, 5) is 26.6. The second-order valence-corrected chi connectivity index (χ2v) is 6.94. The van der Waals surface area contributed by atoms with Gasteiger partial charge >= 0.3 is 6.03 Å². The Morgan fingerprint density at radius 1 is 1.17 bits per heavy atom. The Bertz CT molecular complexity index is 838. The molecule has 3 rings (SSSR count). The zero-order chi connectivity index (χ0) is 20.6. The molecule has 2 aromatic rings. The molecule has 0 aliphatic carbocycles. The van der Waals surface area contributed by atoms with Crippen molar-refractivity contribution in [2.45, 2.75) is 19.4 Å². The highest BCUT2D eigenvalue weighted by molar-refractivity contribution is 5.95. The number of morpholine rings is 1. The van der Waals surface area contributed by atoms with Crippen LogP contribution in [0.5, 0.6) is 5.75 Å². The van der Waals surface area contributed by atoms with E-state index in [-0.39, 0.29) is 18.0 Å². The Kier molecular flexibility index (Phi) is 7.08. The summed E-state index contributed by atoms with van der Waals surface area (Å²) in [5, 5.41) is 5.62. The van der Waals surface area contributed by atoms with Gasteiger partial charge in [-0.2, -0.15) is 0 Å². The van der Waals surface area contributed by atoms with E-state index in [2.05, 4.69) is 10.6 Å². The Morgan fingerprint density at radius 2 is 1.93 bits per heavy atom. The lowest BCUT2D eigenvalue weighted by atomic mass is 10.1. The van der Waals surface area contributed by atoms with E-state index in [0.29, 0.717) is 44.0 Å². The highest BCUT2D eigenvalue weighted by atomic mass is 16.5. The second-order valence-electron chi connectivity index (χ2n) is 6.94. The van der Waals surface area contributed by atoms with Gasteiger partial charge in [0.15, 0.2) is 0 Å². The fraction of sp³-hybridized carbons (Fsp3) is 0.364. The third-order valence-electron chi connectivity index (χ3n) is 4.89. The van der Waals surface area contributed by atoms with Gasteiger partial charge in [-0.15, -0.1) is 0 Å². The molecule has 2 aromatic carbocycles. The summed E-state index contributed by atoms with van der Waals surface area (Å²) in [5.41, 5.74) is 2.27. The van der Waals surface area contributed by atoms with Crippen LogP contribution < -0.4 is 15.4 Å². The SMILES string of the molecule is COc1ccccc1CCNC(=O)Nc1ccc(C(=O)N2CCOCC2C)cc1. The number of para-hydroxylation sites is 1. The van der Waals surface area contributed by atoms with Crippen LogP contribution in [0.15, 0.2) is 48.5 Å². The van der Waals surface area contributed by atoms with Crippen LogP contribution >= 0.6 is 0 Å². The van der Waals surface area contributed by atoms with Crippen LogP contribution in [0, 0.1) is 0 Å². The molecule has 2 N–H and O–H groups in total. The van der Waals surface area contributed by atoms with Crippen LogP contribution in [0.25, 0.3) is 0 Å². The third-order valence-corrected chi connectivity index (χ3v) is 4.89. The van der Waals surface area contributed by atoms with Crippen molar-refractivity contribution in [1.82, 2.24) is 10.2 Å². The number of ether oxygens (including phenoxy) is 2. The molecule has 3 amide bonds. The molecule has 0 bridgehead atoms. The number of nitrogens with one attached hydrogen (secondary N) is 2. The maximum absolute atomic E-state index is 12.6. The molecule has 1 unspecified atom stereocenters. The Morgan fingerprint density at radius 3 is 2.66 bits per heavy atom. The first-order valence-corrected chi connectivity index (χ1v) is 9.74. The van der Waals surface area contributed by atoms with Crippen molar-refractivity contribution < 1.29 is 19.1 Å². The first-order valence-electron chi connectivity index (χ1n) is 9.74. The minimum atomic E-state index is -0.291. The second kappa shape index (κ2) is 9.93. The van der Waals surface area contributed by atoms with Gasteiger partial charge in [-0.3, -0.25) is 4.79 Å². The fourth-order valence-corrected chi connectivity index (χ4v) is 3.29. The molecule has 1 aliphatic rings. The quantitative estimate of drug-likeness (QED) is 0.786. The average molecular weight is 397 g/mol. The predicted octanol–water partition coefficient (Wildman–Crippen LogP) is 2.92. The summed E-state index contributed by atoms with van der Waals surface area (Å²) < 4.78 is 10.7. The molecule has 0 radical (unpaired) electrons. The zero-order valence-corrected chi connectivity index (χ0v) is 16.8. The summed E-state index contributed by atoms with van der Waals surface area (Å²) >= 11 is 0. The third kappa shape index (κ3) is 5.48. The molecule has 1 fully saturated rings. The summed E-state index contributed by atoms with van der Waals surface area (Å²) in [6.07, 6.45) is 0.669. The van der Waals surface area contributed by atoms with Gasteiger partial charge in [0.2, 0.25) is 0 Å². The molecular formula is C22H27N3O4. The van der Waals surface area contributed by atoms with E-state index in [4.69, 9.17) is 9.47 Å². The van der Waals surface area contributed by atoms with Gasteiger partial charge in [0.1, 0.15) is 5.75 Å². The molecule has 154 valence electrons. The molecule has 7 heteroatoms. The number of nitrogens with zero attached hydrogens (tertiary/aromatic N) is 1. The van der Waals surface area contributed by atoms with E-state index in [1.807, 2.05) is 36.1 Å². The topological polar surface area (TPSA) is 79.9 Å². The van der Waals surface area contributed by atoms with Gasteiger partial charge in [0.05, 0.1) is 26.4 Å². The van der Waals surface area contributed by atoms with Crippen LogP contribution in [0.1, 0.15) is 22.8 Å². The average Bonchev–Trinajstić information content (AvgIpc) is 2.74. The van der Waals surface area contributed by atoms with Crippen molar-refractivity contribution in [3.63, 3.8) is 0 Å². The summed E-state index contributed by atoms with van der Waals surface area (Å²) in [6.45, 7) is 4.17. The van der Waals surface area contributed by atoms with E-state index in [0.717, 1.165) is 11.3 Å². The van der Waals surface area contributed by atoms with Crippen LogP contribution in [0.4, 0.5) is 10.5 Å². The van der Waals surface area contributed by atoms with E-state index in [9.17, 15) is 9.59 Å². The molecule has 0 aromatic heterocycles. The Labute approximate surface area is 171 Å². The zero-order valence-electron chi connectivity index (χ0n) is 16.8. The number of urea groups is 1. The molecule has 0 spiro atoms. The number of methoxy groups -OCH3 is 1. The number of hydrogen-bond acceptors (Lipinski definition) is 4. The predicted molar refractivity (Wildman–Crippen MR) is 111 cm³/mol. The van der Waals surface area contributed by atoms with Crippen molar-refractivity contribution in [3.8, 4) is 5.75 Å². The van der Waals surface area contributed by atoms with Crippen molar-refractivity contribution in [1.29, 1.82) is 0 Å². The fourth-order valence-electron chi connectivity index (χ4n) is 3.29. The van der Waals surface area contributed by atoms with E-state index in [1.54, 1.807) is 31.4 Å². The molecule has 1 saturated heterocycles. The number of rotatable bonds is 6. The van der Waals surface area contributed by atoms with Crippen molar-refractivity contribution in [3.05, 3.63) is 59.7 Å². The van der Waals surface area contributed by atoms with Crippen molar-refractivity contribution in [2.24, 2.45) is 0 Å². The number of carbonyl (C=O) groups is 2. The number of amides is 3. The first kappa shape index (κ1) is 20.7. The van der Waals surface area contributed by atoms with Gasteiger partial charge < -0.3 is 25.0 Å². The number of benzene rings is 2. The summed E-state index contributed by atoms with van der Waals surface area (Å²) in [7, 11) is 1.63. The van der Waals surface area contributed by atoms with Crippen LogP contribution in [-0.4, -0.2) is 56.3 Å². The minimum Gasteiger partial charge on any atom is -0.496 e. The molecule has 29 heavy (non-hydrogen) atoms. The molecule has 1 heterocycles. The van der Waals surface area contributed by atoms with E-state index < -0.39 is 0 Å². The van der Waals surface area contributed by atoms with Gasteiger partial charge in [-0.25, -0.2) is 4.79 Å². The van der Waals surface area contributed by atoms with Gasteiger partial charge in [-0.05, 0) is 49.2 Å². The van der Waals surface area contributed by atoms with Crippen molar-refractivity contribution >= 4 is 17.6 Å². The van der Waals surface area contributed by atoms with Crippen molar-refractivity contribution in [2.75, 3.05) is 38.7 Å². The standard InChI is InChI=1S/C22H27N3O4/c1-16-15-29-14-13-25(16)21(26)18-7-9-19(10-8-18)24-22(27)23-12-11-17-5-3-4-6-20(17)28-2/h3-10,16H,11-15H2,1-2H3,(H2,23,24,27). The van der Waals surface area contributed by atoms with Gasteiger partial charge in [-0.1, -0.05) is 18.2 Å². The van der Waals surface area contributed by atoms with Crippen LogP contribution in [0.2, 0.25) is 0 Å². The maximum Gasteiger partial charge on any atom is 0.319 e. The molecule has 0 saturated carbocycles. The molecular weight excluding hydrogens is 370 g/mol. The Hall–Kier alpha value is -3.06. The maximum atomic E-state index is 12.6. The smallest absolute Gasteiger partial charge is 0.319 e. The summed E-state index contributed by atoms with van der Waals surface area (Å²) in [6, 6.07) is 14.4. The Balaban J connectivity index is 1.49. The number of anilines is 1. The highest BCUT2D eigenvalue weighted by Crippen LogP contribution is 2.17. The molecule has 1 aliphatic heterocycles. The van der Waals surface area contributed by atoms with Crippen LogP contribution in [-0.2, 0) is 11.2 Å². The van der Waals surface area contributed by atoms with Gasteiger partial charge in [0.25, 0.3) is 5.91 Å². The minimum absolute atomic E-state index is 0.0198. The first-order chi connectivity index (χ1) is 14.1. The van der Waals surface area contributed by atoms with E-state index in [1.165, 1.54) is 0 Å². The van der Waals surface area contributed by atoms with Crippen LogP contribution in [0.3, 0.4) is 0 Å². The largest absolute Gasteiger partial charge is 0.496 e.